The number of carbonyl (C=O) groups excluding carboxylic acids is 1. The zero-order chi connectivity index (χ0) is 18.9. The normalized spacial score (nSPS) is 13.2. The van der Waals surface area contributed by atoms with Gasteiger partial charge in [0.25, 0.3) is 5.91 Å². The molecule has 0 spiro atoms. The van der Waals surface area contributed by atoms with Crippen molar-refractivity contribution in [3.8, 4) is 0 Å². The Kier molecular flexibility index (Phi) is 5.30. The van der Waals surface area contributed by atoms with Gasteiger partial charge >= 0.3 is 0 Å². The molecule has 2 rings (SSSR count). The maximum Gasteiger partial charge on any atom is 0.272 e. The summed E-state index contributed by atoms with van der Waals surface area (Å²) in [6, 6.07) is 4.91. The fraction of sp³-hybridized carbons (Fsp3) is 0.474. The van der Waals surface area contributed by atoms with E-state index in [1.54, 1.807) is 13.0 Å². The van der Waals surface area contributed by atoms with Crippen molar-refractivity contribution in [2.45, 2.75) is 59.0 Å². The predicted molar refractivity (Wildman–Crippen MR) is 93.6 cm³/mol. The summed E-state index contributed by atoms with van der Waals surface area (Å²) in [5.41, 5.74) is 1.53. The molecule has 2 aromatic rings. The highest BCUT2D eigenvalue weighted by atomic mass is 19.2. The molecule has 1 N–H and O–H groups in total. The van der Waals surface area contributed by atoms with Crippen LogP contribution in [0.15, 0.2) is 24.3 Å². The van der Waals surface area contributed by atoms with Gasteiger partial charge in [-0.25, -0.2) is 8.78 Å². The van der Waals surface area contributed by atoms with Crippen molar-refractivity contribution in [1.29, 1.82) is 0 Å². The number of hydrogen-bond acceptors (Lipinski definition) is 2. The Balaban J connectivity index is 2.24. The molecule has 0 aliphatic heterocycles. The number of halogens is 2. The number of benzene rings is 1. The van der Waals surface area contributed by atoms with Crippen LogP contribution in [0.3, 0.4) is 0 Å². The Labute approximate surface area is 147 Å². The van der Waals surface area contributed by atoms with Crippen molar-refractivity contribution < 1.29 is 13.6 Å². The monoisotopic (exact) mass is 349 g/mol. The van der Waals surface area contributed by atoms with E-state index >= 15 is 0 Å². The lowest BCUT2D eigenvalue weighted by Crippen LogP contribution is -2.29. The largest absolute Gasteiger partial charge is 0.344 e. The summed E-state index contributed by atoms with van der Waals surface area (Å²) in [6.45, 7) is 11.9. The average Bonchev–Trinajstić information content (AvgIpc) is 2.95. The molecule has 1 amide bonds. The number of carbonyl (C=O) groups is 1. The molecular weight excluding hydrogens is 324 g/mol. The van der Waals surface area contributed by atoms with Gasteiger partial charge in [0, 0.05) is 5.69 Å². The van der Waals surface area contributed by atoms with E-state index in [-0.39, 0.29) is 17.4 Å². The van der Waals surface area contributed by atoms with Crippen molar-refractivity contribution in [3.05, 3.63) is 52.9 Å². The standard InChI is InChI=1S/C19H25F2N3O/c1-11(2)17-10-16(23-24(17)19(4,5)6)18(25)22-12(3)13-7-8-14(20)15(21)9-13/h7-12H,1-6H3,(H,22,25). The lowest BCUT2D eigenvalue weighted by Gasteiger charge is -2.23. The highest BCUT2D eigenvalue weighted by Gasteiger charge is 2.24. The van der Waals surface area contributed by atoms with Crippen LogP contribution in [0.25, 0.3) is 0 Å². The van der Waals surface area contributed by atoms with Crippen LogP contribution in [0.4, 0.5) is 8.78 Å². The first-order chi connectivity index (χ1) is 11.5. The van der Waals surface area contributed by atoms with E-state index in [1.165, 1.54) is 6.07 Å². The summed E-state index contributed by atoms with van der Waals surface area (Å²) < 4.78 is 28.3. The van der Waals surface area contributed by atoms with Crippen LogP contribution in [-0.2, 0) is 5.54 Å². The third-order valence-electron chi connectivity index (χ3n) is 3.99. The van der Waals surface area contributed by atoms with Crippen molar-refractivity contribution in [1.82, 2.24) is 15.1 Å². The third kappa shape index (κ3) is 4.24. The quantitative estimate of drug-likeness (QED) is 0.881. The Hall–Kier alpha value is -2.24. The van der Waals surface area contributed by atoms with Gasteiger partial charge in [0.15, 0.2) is 11.6 Å². The van der Waals surface area contributed by atoms with Crippen LogP contribution >= 0.6 is 0 Å². The van der Waals surface area contributed by atoms with Gasteiger partial charge in [-0.3, -0.25) is 9.48 Å². The van der Waals surface area contributed by atoms with E-state index in [2.05, 4.69) is 10.4 Å². The van der Waals surface area contributed by atoms with Gasteiger partial charge < -0.3 is 5.32 Å². The summed E-state index contributed by atoms with van der Waals surface area (Å²) in [5.74, 6) is -1.97. The van der Waals surface area contributed by atoms with Crippen LogP contribution < -0.4 is 5.32 Å². The Morgan fingerprint density at radius 1 is 1.12 bits per heavy atom. The van der Waals surface area contributed by atoms with Crippen LogP contribution in [-0.4, -0.2) is 15.7 Å². The number of nitrogens with zero attached hydrogens (tertiary/aromatic N) is 2. The second-order valence-electron chi connectivity index (χ2n) is 7.56. The molecule has 6 heteroatoms. The van der Waals surface area contributed by atoms with Crippen molar-refractivity contribution in [2.75, 3.05) is 0 Å². The van der Waals surface area contributed by atoms with Gasteiger partial charge in [-0.05, 0) is 57.4 Å². The summed E-state index contributed by atoms with van der Waals surface area (Å²) in [6.07, 6.45) is 0. The summed E-state index contributed by atoms with van der Waals surface area (Å²) >= 11 is 0. The molecule has 0 bridgehead atoms. The van der Waals surface area contributed by atoms with Gasteiger partial charge in [-0.2, -0.15) is 5.10 Å². The molecule has 4 nitrogen and oxygen atoms in total. The van der Waals surface area contributed by atoms with Crippen LogP contribution in [0.2, 0.25) is 0 Å². The minimum Gasteiger partial charge on any atom is -0.344 e. The summed E-state index contributed by atoms with van der Waals surface area (Å²) in [5, 5.41) is 7.24. The molecule has 0 saturated heterocycles. The molecule has 1 aromatic heterocycles. The summed E-state index contributed by atoms with van der Waals surface area (Å²) in [7, 11) is 0. The van der Waals surface area contributed by atoms with Gasteiger partial charge in [0.05, 0.1) is 11.6 Å². The number of aromatic nitrogens is 2. The third-order valence-corrected chi connectivity index (χ3v) is 3.99. The molecular formula is C19H25F2N3O. The molecule has 1 aromatic carbocycles. The van der Waals surface area contributed by atoms with Crippen molar-refractivity contribution in [3.63, 3.8) is 0 Å². The minimum absolute atomic E-state index is 0.219. The molecule has 1 unspecified atom stereocenters. The fourth-order valence-corrected chi connectivity index (χ4v) is 2.59. The van der Waals surface area contributed by atoms with Crippen molar-refractivity contribution >= 4 is 5.91 Å². The molecule has 0 aliphatic rings. The van der Waals surface area contributed by atoms with E-state index in [0.29, 0.717) is 11.3 Å². The van der Waals surface area contributed by atoms with Crippen LogP contribution in [0.1, 0.15) is 75.2 Å². The summed E-state index contributed by atoms with van der Waals surface area (Å²) in [4.78, 5) is 12.5. The minimum atomic E-state index is -0.933. The van der Waals surface area contributed by atoms with E-state index in [0.717, 1.165) is 17.8 Å². The number of hydrogen-bond donors (Lipinski definition) is 1. The van der Waals surface area contributed by atoms with Crippen molar-refractivity contribution in [2.24, 2.45) is 0 Å². The molecule has 136 valence electrons. The lowest BCUT2D eigenvalue weighted by atomic mass is 10.1. The van der Waals surface area contributed by atoms with E-state index < -0.39 is 17.7 Å². The highest BCUT2D eigenvalue weighted by molar-refractivity contribution is 5.92. The first-order valence-corrected chi connectivity index (χ1v) is 8.37. The first kappa shape index (κ1) is 19.1. The number of rotatable bonds is 4. The zero-order valence-electron chi connectivity index (χ0n) is 15.5. The first-order valence-electron chi connectivity index (χ1n) is 8.37. The van der Waals surface area contributed by atoms with E-state index in [1.807, 2.05) is 39.3 Å². The SMILES string of the molecule is CC(C)c1cc(C(=O)NC(C)c2ccc(F)c(F)c2)nn1C(C)(C)C. The predicted octanol–water partition coefficient (Wildman–Crippen LogP) is 4.53. The van der Waals surface area contributed by atoms with Crippen LogP contribution in [0.5, 0.6) is 0 Å². The molecule has 0 radical (unpaired) electrons. The van der Waals surface area contributed by atoms with Crippen LogP contribution in [0, 0.1) is 11.6 Å². The number of nitrogens with one attached hydrogen (secondary N) is 1. The molecule has 0 aliphatic carbocycles. The Morgan fingerprint density at radius 3 is 2.24 bits per heavy atom. The Bertz CT molecular complexity index is 775. The van der Waals surface area contributed by atoms with Gasteiger partial charge in [0.1, 0.15) is 5.69 Å². The molecule has 0 saturated carbocycles. The zero-order valence-corrected chi connectivity index (χ0v) is 15.5. The van der Waals surface area contributed by atoms with Gasteiger partial charge in [-0.1, -0.05) is 19.9 Å². The van der Waals surface area contributed by atoms with E-state index in [4.69, 9.17) is 0 Å². The molecule has 0 fully saturated rings. The number of amides is 1. The molecule has 25 heavy (non-hydrogen) atoms. The lowest BCUT2D eigenvalue weighted by molar-refractivity contribution is 0.0933. The van der Waals surface area contributed by atoms with E-state index in [9.17, 15) is 13.6 Å². The average molecular weight is 349 g/mol. The fourth-order valence-electron chi connectivity index (χ4n) is 2.59. The topological polar surface area (TPSA) is 46.9 Å². The maximum atomic E-state index is 13.4. The Morgan fingerprint density at radius 2 is 1.76 bits per heavy atom. The molecule has 1 atom stereocenters. The second kappa shape index (κ2) is 6.94. The van der Waals surface area contributed by atoms with Gasteiger partial charge in [0.2, 0.25) is 0 Å². The maximum absolute atomic E-state index is 13.4. The second-order valence-corrected chi connectivity index (χ2v) is 7.56. The van der Waals surface area contributed by atoms with Gasteiger partial charge in [-0.15, -0.1) is 0 Å². The highest BCUT2D eigenvalue weighted by Crippen LogP contribution is 2.24. The molecule has 1 heterocycles. The smallest absolute Gasteiger partial charge is 0.272 e.